The molecular formula is C12H22N4. The van der Waals surface area contributed by atoms with Crippen molar-refractivity contribution in [1.29, 1.82) is 0 Å². The Bertz CT molecular complexity index is 339. The van der Waals surface area contributed by atoms with E-state index in [2.05, 4.69) is 36.2 Å². The van der Waals surface area contributed by atoms with Crippen LogP contribution >= 0.6 is 0 Å². The maximum atomic E-state index is 4.29. The molecule has 0 saturated heterocycles. The summed E-state index contributed by atoms with van der Waals surface area (Å²) in [6.45, 7) is 8.50. The standard InChI is InChI=1S/C12H22N4/c1-4-12(5-6-12)8-13-7-11-14-9-15-16(11)10(2)3/h9-10,13H,4-8H2,1-3H3. The fourth-order valence-electron chi connectivity index (χ4n) is 2.10. The average Bonchev–Trinajstić information content (AvgIpc) is 2.88. The SMILES string of the molecule is CCC1(CNCc2ncnn2C(C)C)CC1. The topological polar surface area (TPSA) is 42.7 Å². The van der Waals surface area contributed by atoms with Gasteiger partial charge in [-0.1, -0.05) is 6.92 Å². The second-order valence-electron chi connectivity index (χ2n) is 5.17. The van der Waals surface area contributed by atoms with Gasteiger partial charge in [-0.25, -0.2) is 9.67 Å². The summed E-state index contributed by atoms with van der Waals surface area (Å²) in [7, 11) is 0. The van der Waals surface area contributed by atoms with Gasteiger partial charge in [0.05, 0.1) is 6.54 Å². The molecular weight excluding hydrogens is 200 g/mol. The van der Waals surface area contributed by atoms with Gasteiger partial charge in [0.2, 0.25) is 0 Å². The van der Waals surface area contributed by atoms with Gasteiger partial charge in [-0.15, -0.1) is 0 Å². The van der Waals surface area contributed by atoms with Crippen LogP contribution in [0, 0.1) is 5.41 Å². The largest absolute Gasteiger partial charge is 0.309 e. The van der Waals surface area contributed by atoms with Gasteiger partial charge in [-0.2, -0.15) is 5.10 Å². The molecule has 0 bridgehead atoms. The van der Waals surface area contributed by atoms with Crippen LogP contribution in [-0.4, -0.2) is 21.3 Å². The quantitative estimate of drug-likeness (QED) is 0.802. The van der Waals surface area contributed by atoms with Gasteiger partial charge in [-0.05, 0) is 38.5 Å². The molecule has 0 aliphatic heterocycles. The van der Waals surface area contributed by atoms with Crippen molar-refractivity contribution in [2.45, 2.75) is 52.6 Å². The Kier molecular flexibility index (Phi) is 3.28. The molecule has 1 N–H and O–H groups in total. The van der Waals surface area contributed by atoms with E-state index in [-0.39, 0.29) is 0 Å². The minimum Gasteiger partial charge on any atom is -0.309 e. The maximum Gasteiger partial charge on any atom is 0.141 e. The molecule has 1 heterocycles. The van der Waals surface area contributed by atoms with Gasteiger partial charge in [0.15, 0.2) is 0 Å². The van der Waals surface area contributed by atoms with Crippen molar-refractivity contribution in [1.82, 2.24) is 20.1 Å². The zero-order chi connectivity index (χ0) is 11.6. The van der Waals surface area contributed by atoms with Gasteiger partial charge < -0.3 is 5.32 Å². The zero-order valence-corrected chi connectivity index (χ0v) is 10.5. The van der Waals surface area contributed by atoms with Crippen molar-refractivity contribution in [3.63, 3.8) is 0 Å². The Morgan fingerprint density at radius 2 is 2.25 bits per heavy atom. The summed E-state index contributed by atoms with van der Waals surface area (Å²) in [5, 5.41) is 7.75. The summed E-state index contributed by atoms with van der Waals surface area (Å²) < 4.78 is 1.98. The van der Waals surface area contributed by atoms with Crippen LogP contribution in [0.4, 0.5) is 0 Å². The Balaban J connectivity index is 1.83. The lowest BCUT2D eigenvalue weighted by atomic mass is 10.0. The van der Waals surface area contributed by atoms with Crippen LogP contribution < -0.4 is 5.32 Å². The monoisotopic (exact) mass is 222 g/mol. The molecule has 2 rings (SSSR count). The molecule has 90 valence electrons. The Morgan fingerprint density at radius 3 is 2.81 bits per heavy atom. The lowest BCUT2D eigenvalue weighted by Gasteiger charge is -2.14. The van der Waals surface area contributed by atoms with E-state index in [1.54, 1.807) is 6.33 Å². The Morgan fingerprint density at radius 1 is 1.50 bits per heavy atom. The molecule has 1 aromatic heterocycles. The van der Waals surface area contributed by atoms with Crippen molar-refractivity contribution < 1.29 is 0 Å². The lowest BCUT2D eigenvalue weighted by molar-refractivity contribution is 0.426. The molecule has 0 amide bonds. The normalized spacial score (nSPS) is 18.0. The van der Waals surface area contributed by atoms with E-state index in [0.29, 0.717) is 11.5 Å². The van der Waals surface area contributed by atoms with E-state index in [1.807, 2.05) is 4.68 Å². The van der Waals surface area contributed by atoms with Crippen molar-refractivity contribution >= 4 is 0 Å². The van der Waals surface area contributed by atoms with E-state index in [1.165, 1.54) is 19.3 Å². The molecule has 1 fully saturated rings. The second-order valence-corrected chi connectivity index (χ2v) is 5.17. The van der Waals surface area contributed by atoms with Gasteiger partial charge in [-0.3, -0.25) is 0 Å². The molecule has 1 saturated carbocycles. The summed E-state index contributed by atoms with van der Waals surface area (Å²) in [6.07, 6.45) is 5.70. The second kappa shape index (κ2) is 4.53. The molecule has 0 unspecified atom stereocenters. The number of hydrogen-bond donors (Lipinski definition) is 1. The molecule has 1 aliphatic rings. The number of nitrogens with zero attached hydrogens (tertiary/aromatic N) is 3. The molecule has 0 spiro atoms. The summed E-state index contributed by atoms with van der Waals surface area (Å²) in [6, 6.07) is 0.389. The van der Waals surface area contributed by atoms with Crippen LogP contribution in [0.25, 0.3) is 0 Å². The molecule has 1 aliphatic carbocycles. The third-order valence-corrected chi connectivity index (χ3v) is 3.63. The van der Waals surface area contributed by atoms with Crippen LogP contribution in [0.2, 0.25) is 0 Å². The van der Waals surface area contributed by atoms with Gasteiger partial charge >= 0.3 is 0 Å². The van der Waals surface area contributed by atoms with Crippen molar-refractivity contribution in [2.75, 3.05) is 6.54 Å². The smallest absolute Gasteiger partial charge is 0.141 e. The lowest BCUT2D eigenvalue weighted by Crippen LogP contribution is -2.25. The summed E-state index contributed by atoms with van der Waals surface area (Å²) in [5.41, 5.74) is 0.600. The summed E-state index contributed by atoms with van der Waals surface area (Å²) in [4.78, 5) is 4.29. The van der Waals surface area contributed by atoms with E-state index in [0.717, 1.165) is 18.9 Å². The van der Waals surface area contributed by atoms with E-state index in [4.69, 9.17) is 0 Å². The Hall–Kier alpha value is -0.900. The average molecular weight is 222 g/mol. The molecule has 16 heavy (non-hydrogen) atoms. The van der Waals surface area contributed by atoms with E-state index >= 15 is 0 Å². The highest BCUT2D eigenvalue weighted by Crippen LogP contribution is 2.47. The van der Waals surface area contributed by atoms with Crippen molar-refractivity contribution in [2.24, 2.45) is 5.41 Å². The fraction of sp³-hybridized carbons (Fsp3) is 0.833. The molecule has 1 aromatic rings. The first-order valence-corrected chi connectivity index (χ1v) is 6.26. The highest BCUT2D eigenvalue weighted by molar-refractivity contribution is 4.94. The minimum atomic E-state index is 0.389. The highest BCUT2D eigenvalue weighted by atomic mass is 15.4. The summed E-state index contributed by atoms with van der Waals surface area (Å²) >= 11 is 0. The van der Waals surface area contributed by atoms with Gasteiger partial charge in [0, 0.05) is 12.6 Å². The predicted octanol–water partition coefficient (Wildman–Crippen LogP) is 2.14. The highest BCUT2D eigenvalue weighted by Gasteiger charge is 2.39. The van der Waals surface area contributed by atoms with Gasteiger partial charge in [0.25, 0.3) is 0 Å². The molecule has 4 nitrogen and oxygen atoms in total. The van der Waals surface area contributed by atoms with Crippen LogP contribution in [0.15, 0.2) is 6.33 Å². The Labute approximate surface area is 97.5 Å². The fourth-order valence-corrected chi connectivity index (χ4v) is 2.10. The first-order chi connectivity index (χ1) is 7.67. The minimum absolute atomic E-state index is 0.389. The first kappa shape index (κ1) is 11.6. The van der Waals surface area contributed by atoms with Crippen molar-refractivity contribution in [3.8, 4) is 0 Å². The number of rotatable bonds is 6. The van der Waals surface area contributed by atoms with E-state index in [9.17, 15) is 0 Å². The molecule has 0 aromatic carbocycles. The number of nitrogens with one attached hydrogen (secondary N) is 1. The first-order valence-electron chi connectivity index (χ1n) is 6.26. The summed E-state index contributed by atoms with van der Waals surface area (Å²) in [5.74, 6) is 1.04. The van der Waals surface area contributed by atoms with Crippen LogP contribution in [0.1, 0.15) is 51.9 Å². The zero-order valence-electron chi connectivity index (χ0n) is 10.5. The number of hydrogen-bond acceptors (Lipinski definition) is 3. The third kappa shape index (κ3) is 2.43. The molecule has 4 heteroatoms. The van der Waals surface area contributed by atoms with Crippen molar-refractivity contribution in [3.05, 3.63) is 12.2 Å². The number of aromatic nitrogens is 3. The molecule has 0 atom stereocenters. The van der Waals surface area contributed by atoms with Gasteiger partial charge in [0.1, 0.15) is 12.2 Å². The molecule has 0 radical (unpaired) electrons. The van der Waals surface area contributed by atoms with Crippen LogP contribution in [-0.2, 0) is 6.54 Å². The predicted molar refractivity (Wildman–Crippen MR) is 64.1 cm³/mol. The van der Waals surface area contributed by atoms with Crippen LogP contribution in [0.3, 0.4) is 0 Å². The third-order valence-electron chi connectivity index (χ3n) is 3.63. The van der Waals surface area contributed by atoms with Crippen LogP contribution in [0.5, 0.6) is 0 Å². The maximum absolute atomic E-state index is 4.29. The van der Waals surface area contributed by atoms with E-state index < -0.39 is 0 Å².